The second-order valence-electron chi connectivity index (χ2n) is 5.38. The van der Waals surface area contributed by atoms with E-state index in [2.05, 4.69) is 27.9 Å². The summed E-state index contributed by atoms with van der Waals surface area (Å²) in [5.74, 6) is -1.04. The number of hydrogen-bond donors (Lipinski definition) is 1. The van der Waals surface area contributed by atoms with Gasteiger partial charge >= 0.3 is 5.97 Å². The highest BCUT2D eigenvalue weighted by Gasteiger charge is 2.23. The van der Waals surface area contributed by atoms with Crippen LogP contribution in [0, 0.1) is 28.7 Å². The Morgan fingerprint density at radius 1 is 1.31 bits per heavy atom. The van der Waals surface area contributed by atoms with E-state index in [0.29, 0.717) is 10.6 Å². The molecule has 0 saturated heterocycles. The molecule has 7 heteroatoms. The van der Waals surface area contributed by atoms with Gasteiger partial charge in [-0.15, -0.1) is 11.3 Å². The highest BCUT2D eigenvalue weighted by Crippen LogP contribution is 2.33. The molecular formula is C19H17IN2O3S. The number of nitrogens with zero attached hydrogens (tertiary/aromatic N) is 1. The number of thiophene rings is 1. The van der Waals surface area contributed by atoms with Crippen molar-refractivity contribution in [3.05, 3.63) is 55.0 Å². The van der Waals surface area contributed by atoms with Crippen LogP contribution >= 0.6 is 33.9 Å². The number of rotatable bonds is 5. The number of nitrogens with one attached hydrogen (secondary N) is 1. The van der Waals surface area contributed by atoms with Crippen molar-refractivity contribution in [1.82, 2.24) is 0 Å². The van der Waals surface area contributed by atoms with Crippen molar-refractivity contribution in [2.75, 3.05) is 11.9 Å². The summed E-state index contributed by atoms with van der Waals surface area (Å²) in [7, 11) is 0. The summed E-state index contributed by atoms with van der Waals surface area (Å²) in [4.78, 5) is 25.6. The molecule has 0 atom stereocenters. The standard InChI is InChI=1S/C19H17IN2O3S/c1-4-25-19(24)16-11(2)12(3)26-18(16)22-17(23)14(10-21)9-13-5-7-15(20)8-6-13/h5-9H,4H2,1-3H3,(H,22,23)/b14-9+. The van der Waals surface area contributed by atoms with Crippen LogP contribution in [0.3, 0.4) is 0 Å². The second kappa shape index (κ2) is 8.96. The maximum atomic E-state index is 12.5. The van der Waals surface area contributed by atoms with Crippen molar-refractivity contribution in [3.8, 4) is 6.07 Å². The molecule has 1 amide bonds. The third-order valence-corrected chi connectivity index (χ3v) is 5.48. The normalized spacial score (nSPS) is 11.0. The van der Waals surface area contributed by atoms with E-state index in [-0.39, 0.29) is 12.2 Å². The number of benzene rings is 1. The molecule has 0 aliphatic heterocycles. The van der Waals surface area contributed by atoms with Crippen molar-refractivity contribution in [3.63, 3.8) is 0 Å². The minimum Gasteiger partial charge on any atom is -0.462 e. The van der Waals surface area contributed by atoms with Gasteiger partial charge in [0.2, 0.25) is 0 Å². The predicted octanol–water partition coefficient (Wildman–Crippen LogP) is 4.69. The molecule has 0 bridgehead atoms. The van der Waals surface area contributed by atoms with Crippen molar-refractivity contribution in [2.45, 2.75) is 20.8 Å². The first-order chi connectivity index (χ1) is 12.4. The number of amides is 1. The van der Waals surface area contributed by atoms with Crippen LogP contribution < -0.4 is 5.32 Å². The summed E-state index contributed by atoms with van der Waals surface area (Å²) in [6.45, 7) is 5.64. The van der Waals surface area contributed by atoms with Crippen LogP contribution in [-0.4, -0.2) is 18.5 Å². The lowest BCUT2D eigenvalue weighted by atomic mass is 10.1. The van der Waals surface area contributed by atoms with E-state index in [0.717, 1.165) is 19.6 Å². The molecule has 0 aliphatic rings. The first kappa shape index (κ1) is 20.1. The van der Waals surface area contributed by atoms with Crippen molar-refractivity contribution >= 4 is 56.9 Å². The molecule has 1 N–H and O–H groups in total. The fourth-order valence-electron chi connectivity index (χ4n) is 2.21. The van der Waals surface area contributed by atoms with Crippen LogP contribution in [0.25, 0.3) is 6.08 Å². The number of esters is 1. The van der Waals surface area contributed by atoms with E-state index in [1.54, 1.807) is 13.8 Å². The average molecular weight is 480 g/mol. The number of carbonyl (C=O) groups excluding carboxylic acids is 2. The number of aryl methyl sites for hydroxylation is 1. The Kier molecular flexibility index (Phi) is 6.94. The maximum Gasteiger partial charge on any atom is 0.341 e. The Hall–Kier alpha value is -2.18. The minimum atomic E-state index is -0.558. The first-order valence-corrected chi connectivity index (χ1v) is 9.72. The minimum absolute atomic E-state index is 0.0373. The molecule has 1 aromatic carbocycles. The van der Waals surface area contributed by atoms with Crippen LogP contribution in [-0.2, 0) is 9.53 Å². The van der Waals surface area contributed by atoms with Crippen molar-refractivity contribution < 1.29 is 14.3 Å². The Bertz CT molecular complexity index is 908. The number of anilines is 1. The lowest BCUT2D eigenvalue weighted by Gasteiger charge is -2.07. The summed E-state index contributed by atoms with van der Waals surface area (Å²) in [6.07, 6.45) is 1.52. The van der Waals surface area contributed by atoms with Gasteiger partial charge in [-0.2, -0.15) is 5.26 Å². The van der Waals surface area contributed by atoms with Crippen LogP contribution in [0.5, 0.6) is 0 Å². The van der Waals surface area contributed by atoms with Gasteiger partial charge in [-0.25, -0.2) is 4.79 Å². The molecule has 1 aromatic heterocycles. The largest absolute Gasteiger partial charge is 0.462 e. The number of halogens is 1. The topological polar surface area (TPSA) is 79.2 Å². The van der Waals surface area contributed by atoms with Gasteiger partial charge in [-0.1, -0.05) is 12.1 Å². The molecule has 1 heterocycles. The molecule has 0 spiro atoms. The second-order valence-corrected chi connectivity index (χ2v) is 7.85. The maximum absolute atomic E-state index is 12.5. The Morgan fingerprint density at radius 2 is 1.96 bits per heavy atom. The fourth-order valence-corrected chi connectivity index (χ4v) is 3.61. The van der Waals surface area contributed by atoms with Crippen molar-refractivity contribution in [1.29, 1.82) is 5.26 Å². The molecule has 134 valence electrons. The summed E-state index contributed by atoms with van der Waals surface area (Å²) < 4.78 is 6.14. The zero-order chi connectivity index (χ0) is 19.3. The molecule has 0 unspecified atom stereocenters. The van der Waals surface area contributed by atoms with Crippen molar-refractivity contribution in [2.24, 2.45) is 0 Å². The molecule has 5 nitrogen and oxygen atoms in total. The predicted molar refractivity (Wildman–Crippen MR) is 111 cm³/mol. The number of carbonyl (C=O) groups is 2. The van der Waals surface area contributed by atoms with Gasteiger partial charge < -0.3 is 10.1 Å². The highest BCUT2D eigenvalue weighted by molar-refractivity contribution is 14.1. The quantitative estimate of drug-likeness (QED) is 0.292. The Morgan fingerprint density at radius 3 is 2.54 bits per heavy atom. The third-order valence-electron chi connectivity index (χ3n) is 3.64. The molecule has 0 aliphatic carbocycles. The monoisotopic (exact) mass is 480 g/mol. The van der Waals surface area contributed by atoms with Gasteiger partial charge in [0.15, 0.2) is 0 Å². The average Bonchev–Trinajstić information content (AvgIpc) is 2.88. The van der Waals surface area contributed by atoms with Gasteiger partial charge in [0.1, 0.15) is 16.6 Å². The smallest absolute Gasteiger partial charge is 0.341 e. The van der Waals surface area contributed by atoms with E-state index >= 15 is 0 Å². The molecular weight excluding hydrogens is 463 g/mol. The van der Waals surface area contributed by atoms with E-state index < -0.39 is 11.9 Å². The van der Waals surface area contributed by atoms with E-state index in [9.17, 15) is 14.9 Å². The number of nitriles is 1. The molecule has 0 radical (unpaired) electrons. The third kappa shape index (κ3) is 4.71. The summed E-state index contributed by atoms with van der Waals surface area (Å²) in [5, 5.41) is 12.4. The van der Waals surface area contributed by atoms with Gasteiger partial charge in [-0.05, 0) is 72.7 Å². The van der Waals surface area contributed by atoms with E-state index in [4.69, 9.17) is 4.74 Å². The lowest BCUT2D eigenvalue weighted by Crippen LogP contribution is -2.16. The van der Waals surface area contributed by atoms with Crippen LogP contribution in [0.4, 0.5) is 5.00 Å². The number of ether oxygens (including phenoxy) is 1. The van der Waals surface area contributed by atoms with Gasteiger partial charge in [0, 0.05) is 8.45 Å². The van der Waals surface area contributed by atoms with Crippen LogP contribution in [0.2, 0.25) is 0 Å². The zero-order valence-corrected chi connectivity index (χ0v) is 17.5. The highest BCUT2D eigenvalue weighted by atomic mass is 127. The summed E-state index contributed by atoms with van der Waals surface area (Å²) in [6, 6.07) is 9.36. The van der Waals surface area contributed by atoms with Gasteiger partial charge in [0.05, 0.1) is 12.2 Å². The Labute approximate surface area is 169 Å². The van der Waals surface area contributed by atoms with Gasteiger partial charge in [0.25, 0.3) is 5.91 Å². The SMILES string of the molecule is CCOC(=O)c1c(NC(=O)/C(C#N)=C/c2ccc(I)cc2)sc(C)c1C. The molecule has 0 saturated carbocycles. The lowest BCUT2D eigenvalue weighted by molar-refractivity contribution is -0.112. The van der Waals surface area contributed by atoms with Crippen LogP contribution in [0.1, 0.15) is 33.3 Å². The summed E-state index contributed by atoms with van der Waals surface area (Å²) >= 11 is 3.47. The number of hydrogen-bond acceptors (Lipinski definition) is 5. The summed E-state index contributed by atoms with van der Waals surface area (Å²) in [5.41, 5.74) is 1.82. The Balaban J connectivity index is 2.31. The first-order valence-electron chi connectivity index (χ1n) is 7.83. The molecule has 26 heavy (non-hydrogen) atoms. The molecule has 2 rings (SSSR count). The fraction of sp³-hybridized carbons (Fsp3) is 0.211. The van der Waals surface area contributed by atoms with Gasteiger partial charge in [-0.3, -0.25) is 4.79 Å². The molecule has 2 aromatic rings. The zero-order valence-electron chi connectivity index (χ0n) is 14.6. The molecule has 0 fully saturated rings. The van der Waals surface area contributed by atoms with E-state index in [1.807, 2.05) is 37.3 Å². The van der Waals surface area contributed by atoms with Crippen LogP contribution in [0.15, 0.2) is 29.8 Å². The van der Waals surface area contributed by atoms with E-state index in [1.165, 1.54) is 17.4 Å².